The van der Waals surface area contributed by atoms with Gasteiger partial charge in [-0.3, -0.25) is 9.59 Å². The van der Waals surface area contributed by atoms with Crippen LogP contribution in [0.1, 0.15) is 30.5 Å². The fourth-order valence-electron chi connectivity index (χ4n) is 3.64. The molecule has 0 saturated carbocycles. The topological polar surface area (TPSA) is 49.4 Å². The zero-order chi connectivity index (χ0) is 25.2. The SMILES string of the molecule is CC(C)NC(=O)[C@H](Cc1ccccc1)N(Cc1ccc(F)cc1)C(=O)CSCc1ccc(Br)cc1. The third-order valence-corrected chi connectivity index (χ3v) is 6.89. The molecule has 0 bridgehead atoms. The predicted molar refractivity (Wildman–Crippen MR) is 144 cm³/mol. The molecule has 184 valence electrons. The molecule has 0 aliphatic heterocycles. The van der Waals surface area contributed by atoms with Gasteiger partial charge in [0, 0.05) is 29.2 Å². The zero-order valence-corrected chi connectivity index (χ0v) is 22.3. The molecule has 3 rings (SSSR count). The van der Waals surface area contributed by atoms with Gasteiger partial charge in [0.1, 0.15) is 11.9 Å². The summed E-state index contributed by atoms with van der Waals surface area (Å²) in [5.41, 5.74) is 2.86. The number of rotatable bonds is 11. The second-order valence-electron chi connectivity index (χ2n) is 8.64. The average molecular weight is 558 g/mol. The number of hydrogen-bond donors (Lipinski definition) is 1. The first-order chi connectivity index (χ1) is 16.8. The second kappa shape index (κ2) is 13.4. The molecule has 7 heteroatoms. The van der Waals surface area contributed by atoms with Crippen LogP contribution in [-0.4, -0.2) is 34.6 Å². The lowest BCUT2D eigenvalue weighted by Gasteiger charge is -2.32. The van der Waals surface area contributed by atoms with Gasteiger partial charge in [0.05, 0.1) is 5.75 Å². The van der Waals surface area contributed by atoms with Crippen molar-refractivity contribution in [1.29, 1.82) is 0 Å². The third kappa shape index (κ3) is 8.82. The molecule has 35 heavy (non-hydrogen) atoms. The van der Waals surface area contributed by atoms with Crippen LogP contribution >= 0.6 is 27.7 Å². The van der Waals surface area contributed by atoms with Gasteiger partial charge in [0.15, 0.2) is 0 Å². The van der Waals surface area contributed by atoms with Crippen molar-refractivity contribution in [3.63, 3.8) is 0 Å². The summed E-state index contributed by atoms with van der Waals surface area (Å²) in [6.45, 7) is 4.02. The van der Waals surface area contributed by atoms with Gasteiger partial charge in [-0.2, -0.15) is 0 Å². The van der Waals surface area contributed by atoms with E-state index in [-0.39, 0.29) is 36.0 Å². The number of benzene rings is 3. The summed E-state index contributed by atoms with van der Waals surface area (Å²) in [5, 5.41) is 2.98. The van der Waals surface area contributed by atoms with Crippen molar-refractivity contribution in [1.82, 2.24) is 10.2 Å². The summed E-state index contributed by atoms with van der Waals surface area (Å²) in [6, 6.07) is 23.0. The normalized spacial score (nSPS) is 11.8. The van der Waals surface area contributed by atoms with Crippen LogP contribution in [-0.2, 0) is 28.3 Å². The summed E-state index contributed by atoms with van der Waals surface area (Å²) in [5.74, 6) is 0.256. The highest BCUT2D eigenvalue weighted by Gasteiger charge is 2.30. The number of carbonyl (C=O) groups excluding carboxylic acids is 2. The molecule has 0 heterocycles. The van der Waals surface area contributed by atoms with E-state index in [1.807, 2.05) is 68.4 Å². The summed E-state index contributed by atoms with van der Waals surface area (Å²) < 4.78 is 14.5. The second-order valence-corrected chi connectivity index (χ2v) is 10.5. The van der Waals surface area contributed by atoms with Crippen molar-refractivity contribution in [2.45, 2.75) is 44.6 Å². The van der Waals surface area contributed by atoms with Crippen molar-refractivity contribution >= 4 is 39.5 Å². The molecule has 0 radical (unpaired) electrons. The number of hydrogen-bond acceptors (Lipinski definition) is 3. The van der Waals surface area contributed by atoms with E-state index >= 15 is 0 Å². The van der Waals surface area contributed by atoms with Crippen LogP contribution < -0.4 is 5.32 Å². The van der Waals surface area contributed by atoms with Gasteiger partial charge >= 0.3 is 0 Å². The number of nitrogens with one attached hydrogen (secondary N) is 1. The maximum Gasteiger partial charge on any atom is 0.243 e. The van der Waals surface area contributed by atoms with E-state index in [4.69, 9.17) is 0 Å². The Morgan fingerprint density at radius 2 is 1.54 bits per heavy atom. The Bertz CT molecular complexity index is 1090. The minimum absolute atomic E-state index is 0.0599. The maximum atomic E-state index is 13.5. The van der Waals surface area contributed by atoms with Crippen LogP contribution in [0.25, 0.3) is 0 Å². The van der Waals surface area contributed by atoms with E-state index in [1.54, 1.807) is 17.0 Å². The monoisotopic (exact) mass is 556 g/mol. The van der Waals surface area contributed by atoms with Crippen molar-refractivity contribution in [2.24, 2.45) is 0 Å². The Hall–Kier alpha value is -2.64. The molecule has 0 aliphatic carbocycles. The van der Waals surface area contributed by atoms with Crippen LogP contribution in [0, 0.1) is 5.82 Å². The van der Waals surface area contributed by atoms with Crippen LogP contribution in [0.3, 0.4) is 0 Å². The molecule has 0 fully saturated rings. The van der Waals surface area contributed by atoms with E-state index in [2.05, 4.69) is 21.2 Å². The number of amides is 2. The lowest BCUT2D eigenvalue weighted by molar-refractivity contribution is -0.139. The van der Waals surface area contributed by atoms with E-state index in [0.717, 1.165) is 21.2 Å². The van der Waals surface area contributed by atoms with Crippen LogP contribution in [0.4, 0.5) is 4.39 Å². The summed E-state index contributed by atoms with van der Waals surface area (Å²) in [4.78, 5) is 28.5. The summed E-state index contributed by atoms with van der Waals surface area (Å²) in [7, 11) is 0. The molecule has 0 saturated heterocycles. The Morgan fingerprint density at radius 3 is 2.17 bits per heavy atom. The van der Waals surface area contributed by atoms with Gasteiger partial charge in [-0.25, -0.2) is 4.39 Å². The Kier molecular flexibility index (Phi) is 10.4. The minimum Gasteiger partial charge on any atom is -0.352 e. The Morgan fingerprint density at radius 1 is 0.914 bits per heavy atom. The Balaban J connectivity index is 1.83. The molecule has 0 unspecified atom stereocenters. The molecule has 0 aromatic heterocycles. The molecule has 1 N–H and O–H groups in total. The van der Waals surface area contributed by atoms with Crippen molar-refractivity contribution in [2.75, 3.05) is 5.75 Å². The molecular weight excluding hydrogens is 527 g/mol. The summed E-state index contributed by atoms with van der Waals surface area (Å²) >= 11 is 4.95. The van der Waals surface area contributed by atoms with Crippen molar-refractivity contribution < 1.29 is 14.0 Å². The van der Waals surface area contributed by atoms with E-state index in [0.29, 0.717) is 12.2 Å². The van der Waals surface area contributed by atoms with Gasteiger partial charge in [-0.15, -0.1) is 11.8 Å². The van der Waals surface area contributed by atoms with E-state index in [9.17, 15) is 14.0 Å². The smallest absolute Gasteiger partial charge is 0.243 e. The minimum atomic E-state index is -0.689. The van der Waals surface area contributed by atoms with E-state index in [1.165, 1.54) is 23.9 Å². The predicted octanol–water partition coefficient (Wildman–Crippen LogP) is 5.99. The standard InChI is InChI=1S/C28H30BrFN2O2S/c1-20(2)31-28(34)26(16-21-6-4-3-5-7-21)32(17-22-10-14-25(30)15-11-22)27(33)19-35-18-23-8-12-24(29)13-9-23/h3-15,20,26H,16-19H2,1-2H3,(H,31,34)/t26-/m0/s1. The first kappa shape index (κ1) is 27.0. The van der Waals surface area contributed by atoms with Gasteiger partial charge in [0.25, 0.3) is 0 Å². The fourth-order valence-corrected chi connectivity index (χ4v) is 4.78. The molecule has 2 amide bonds. The summed E-state index contributed by atoms with van der Waals surface area (Å²) in [6.07, 6.45) is 0.393. The van der Waals surface area contributed by atoms with Crippen LogP contribution in [0.5, 0.6) is 0 Å². The first-order valence-corrected chi connectivity index (χ1v) is 13.5. The highest BCUT2D eigenvalue weighted by Crippen LogP contribution is 2.20. The highest BCUT2D eigenvalue weighted by molar-refractivity contribution is 9.10. The van der Waals surface area contributed by atoms with E-state index < -0.39 is 6.04 Å². The quantitative estimate of drug-likeness (QED) is 0.315. The number of thioether (sulfide) groups is 1. The molecule has 0 aliphatic rings. The molecule has 3 aromatic rings. The average Bonchev–Trinajstić information content (AvgIpc) is 2.84. The first-order valence-electron chi connectivity index (χ1n) is 11.5. The molecule has 0 spiro atoms. The zero-order valence-electron chi connectivity index (χ0n) is 19.9. The number of nitrogens with zero attached hydrogens (tertiary/aromatic N) is 1. The Labute approximate surface area is 219 Å². The van der Waals surface area contributed by atoms with Crippen molar-refractivity contribution in [3.8, 4) is 0 Å². The maximum absolute atomic E-state index is 13.5. The molecule has 1 atom stereocenters. The highest BCUT2D eigenvalue weighted by atomic mass is 79.9. The molecular formula is C28H30BrFN2O2S. The van der Waals surface area contributed by atoms with Gasteiger partial charge < -0.3 is 10.2 Å². The van der Waals surface area contributed by atoms with Gasteiger partial charge in [0.2, 0.25) is 11.8 Å². The molecule has 4 nitrogen and oxygen atoms in total. The van der Waals surface area contributed by atoms with Crippen LogP contribution in [0.2, 0.25) is 0 Å². The largest absolute Gasteiger partial charge is 0.352 e. The number of carbonyl (C=O) groups is 2. The van der Waals surface area contributed by atoms with Crippen LogP contribution in [0.15, 0.2) is 83.3 Å². The van der Waals surface area contributed by atoms with Crippen molar-refractivity contribution in [3.05, 3.63) is 106 Å². The lowest BCUT2D eigenvalue weighted by Crippen LogP contribution is -2.52. The third-order valence-electron chi connectivity index (χ3n) is 5.38. The molecule has 3 aromatic carbocycles. The number of halogens is 2. The fraction of sp³-hybridized carbons (Fsp3) is 0.286. The van der Waals surface area contributed by atoms with Gasteiger partial charge in [-0.05, 0) is 54.8 Å². The van der Waals surface area contributed by atoms with Gasteiger partial charge in [-0.1, -0.05) is 70.5 Å². The lowest BCUT2D eigenvalue weighted by atomic mass is 10.0.